The lowest BCUT2D eigenvalue weighted by molar-refractivity contribution is -0.140. The van der Waals surface area contributed by atoms with Crippen molar-refractivity contribution in [3.05, 3.63) is 164 Å². The van der Waals surface area contributed by atoms with Gasteiger partial charge in [-0.2, -0.15) is 26.3 Å². The number of carbonyl (C=O) groups is 14. The minimum absolute atomic E-state index is 0.00552. The van der Waals surface area contributed by atoms with Crippen molar-refractivity contribution in [3.63, 3.8) is 0 Å². The van der Waals surface area contributed by atoms with E-state index in [9.17, 15) is 135 Å². The Labute approximate surface area is 861 Å². The van der Waals surface area contributed by atoms with Crippen molar-refractivity contribution < 1.29 is 145 Å². The Hall–Kier alpha value is -13.6. The summed E-state index contributed by atoms with van der Waals surface area (Å²) in [5, 5.41) is 77.2. The molecule has 0 saturated carbocycles. The summed E-state index contributed by atoms with van der Waals surface area (Å²) in [7, 11) is -19.5. The first-order valence-corrected chi connectivity index (χ1v) is 54.3. The standard InChI is InChI=1S/C95H129N19O31S4/c1-59-47-71(48-60(2)85(59)148(140,141)109-74(94(130)131)51-102-89(125)67-19-13-63(14-20-67)17-25-69-27-23-65-9-5-31-98-87(65)104-69)144-45-7-11-78(115)96-33-35-100-91(127)76(57-146(134,135)136)107-80(117)30-29-73(106-81(118)53-111-37-39-112(54-82(119)120)41-43-114(56-84(123)124)44-42-113(40-38-111)55-83(121)122)93(129)108-77(58-147(137,138)139)92(128)101-36-34-97-79(116)12-8-46-145-72-49-61(3)86(62(4)50-72)149(142,143)110-75(95(132)133)52-103-90(126)68-21-15-64(16-22-68)18-26-70-28-24-66-10-6-32-99-88(66)105-70/h13-16,19-24,27-28,47-50,73-77,109-110H,5-12,17-18,25-26,29-46,51-58H2,1-4H3,(H,96,115)(H,97,116)(H,98,104)(H,99,105)(H,100,127)(H,101,128)(H,102,125)(H,103,126)(H,106,118)(H,107,117)(H,108,129)(H,119,120)(H,121,122)(H,123,124)(H,130,131)(H,132,133)(H,134,135,136)(H,137,138,139)/t73?,74-,75-,76-,77-/m0/s1. The maximum atomic E-state index is 14.5. The number of fused-ring (bicyclic) bond motifs is 2. The van der Waals surface area contributed by atoms with E-state index in [4.69, 9.17) is 19.4 Å². The number of hydrogen-bond donors (Lipinski definition) is 20. The zero-order valence-electron chi connectivity index (χ0n) is 82.7. The quantitative estimate of drug-likeness (QED) is 0.0149. The number of aliphatic carboxylic acids is 5. The summed E-state index contributed by atoms with van der Waals surface area (Å²) in [6.45, 7) is 1.64. The Bertz CT molecular complexity index is 6190. The molecule has 5 atom stereocenters. The van der Waals surface area contributed by atoms with Gasteiger partial charge in [0, 0.05) is 146 Å². The van der Waals surface area contributed by atoms with E-state index in [0.29, 0.717) is 25.7 Å². The molecule has 50 nitrogen and oxygen atoms in total. The summed E-state index contributed by atoms with van der Waals surface area (Å²) < 4.78 is 141. The van der Waals surface area contributed by atoms with E-state index < -0.39 is 230 Å². The number of aryl methyl sites for hydroxylation is 10. The van der Waals surface area contributed by atoms with Crippen LogP contribution < -0.4 is 77.4 Å². The number of anilines is 2. The van der Waals surface area contributed by atoms with Gasteiger partial charge in [-0.05, 0) is 203 Å². The summed E-state index contributed by atoms with van der Waals surface area (Å²) in [6.07, 6.45) is 4.50. The number of aromatic nitrogens is 2. The molecule has 3 aliphatic heterocycles. The lowest BCUT2D eigenvalue weighted by Gasteiger charge is -2.33. The van der Waals surface area contributed by atoms with Crippen LogP contribution in [0.15, 0.2) is 107 Å². The average molecular weight is 2160 g/mol. The fraction of sp³-hybridized carbons (Fsp3) is 0.495. The predicted molar refractivity (Wildman–Crippen MR) is 538 cm³/mol. The summed E-state index contributed by atoms with van der Waals surface area (Å²) in [5.74, 6) is -16.6. The van der Waals surface area contributed by atoms with Gasteiger partial charge in [-0.25, -0.2) is 26.8 Å². The molecule has 4 aromatic carbocycles. The van der Waals surface area contributed by atoms with Crippen LogP contribution in [0.2, 0.25) is 0 Å². The third-order valence-electron chi connectivity index (χ3n) is 24.1. The number of pyridine rings is 2. The lowest BCUT2D eigenvalue weighted by Crippen LogP contribution is -2.57. The van der Waals surface area contributed by atoms with Crippen molar-refractivity contribution in [1.82, 2.24) is 86.9 Å². The van der Waals surface area contributed by atoms with Gasteiger partial charge in [-0.15, -0.1) is 0 Å². The van der Waals surface area contributed by atoms with Crippen LogP contribution in [0, 0.1) is 27.7 Å². The minimum Gasteiger partial charge on any atom is -0.494 e. The van der Waals surface area contributed by atoms with E-state index in [2.05, 4.69) is 80.1 Å². The summed E-state index contributed by atoms with van der Waals surface area (Å²) in [6, 6.07) is 17.0. The third kappa shape index (κ3) is 41.1. The summed E-state index contributed by atoms with van der Waals surface area (Å²) in [5.41, 5.74) is 7.01. The summed E-state index contributed by atoms with van der Waals surface area (Å²) in [4.78, 5) is 198. The SMILES string of the molecule is Cc1cc(OCCCC(=O)NCCNC(=O)[C@H](CS(=O)(=O)O)NC(=O)CCC(NC(=O)CN2CCN(CC(=O)O)CCN(CC(=O)O)CCN(CC(=O)O)CC2)C(=O)N[C@@H](CS(=O)(=O)O)C(=O)NCCNC(=O)CCCOc2cc(C)c(S(=O)(=O)N[C@@H](CNC(=O)c3ccc(CCc4ccc5c(n4)NCCC5)cc3)C(=O)O)c(C)c2)cc(C)c1S(=O)(=O)N[C@@H](CNC(=O)c1ccc(CCc2ccc3c(n2)NCCC3)cc1)C(=O)O. The number of carboxylic acid groups (broad SMARTS) is 5. The van der Waals surface area contributed by atoms with E-state index in [0.717, 1.165) is 72.9 Å². The Morgan fingerprint density at radius 2 is 0.738 bits per heavy atom. The van der Waals surface area contributed by atoms with Crippen LogP contribution >= 0.6 is 0 Å². The molecule has 9 rings (SSSR count). The van der Waals surface area contributed by atoms with Crippen molar-refractivity contribution in [2.75, 3.05) is 166 Å². The van der Waals surface area contributed by atoms with Crippen LogP contribution in [0.5, 0.6) is 11.5 Å². The molecule has 149 heavy (non-hydrogen) atoms. The first-order chi connectivity index (χ1) is 70.5. The normalized spacial score (nSPS) is 15.0. The Balaban J connectivity index is 0.751. The zero-order chi connectivity index (χ0) is 109. The number of carbonyl (C=O) groups excluding carboxylic acids is 9. The molecule has 54 heteroatoms. The molecule has 5 heterocycles. The zero-order valence-corrected chi connectivity index (χ0v) is 86.0. The topological polar surface area (TPSA) is 731 Å². The van der Waals surface area contributed by atoms with Gasteiger partial charge in [0.1, 0.15) is 64.8 Å². The van der Waals surface area contributed by atoms with Gasteiger partial charge in [0.2, 0.25) is 61.4 Å². The number of hydrogen-bond acceptors (Lipinski definition) is 32. The van der Waals surface area contributed by atoms with Crippen molar-refractivity contribution in [3.8, 4) is 11.5 Å². The molecule has 9 amide bonds. The van der Waals surface area contributed by atoms with Crippen molar-refractivity contribution in [2.24, 2.45) is 0 Å². The smallest absolute Gasteiger partial charge is 0.323 e. The van der Waals surface area contributed by atoms with E-state index in [1.807, 2.05) is 12.1 Å². The second-order valence-electron chi connectivity index (χ2n) is 36.1. The highest BCUT2D eigenvalue weighted by Gasteiger charge is 2.36. The van der Waals surface area contributed by atoms with Gasteiger partial charge < -0.3 is 93.5 Å². The molecule has 6 aromatic rings. The number of amides is 9. The van der Waals surface area contributed by atoms with E-state index in [-0.39, 0.29) is 159 Å². The molecule has 1 saturated heterocycles. The van der Waals surface area contributed by atoms with Gasteiger partial charge in [0.15, 0.2) is 0 Å². The number of sulfonamides is 2. The molecule has 0 aliphatic carbocycles. The molecule has 1 unspecified atom stereocenters. The second-order valence-corrected chi connectivity index (χ2v) is 42.4. The lowest BCUT2D eigenvalue weighted by atomic mass is 10.0. The van der Waals surface area contributed by atoms with E-state index in [1.54, 1.807) is 48.5 Å². The van der Waals surface area contributed by atoms with Crippen LogP contribution in [-0.4, -0.2) is 367 Å². The molecule has 20 N–H and O–H groups in total. The van der Waals surface area contributed by atoms with E-state index in [1.165, 1.54) is 82.7 Å². The van der Waals surface area contributed by atoms with Gasteiger partial charge in [0.05, 0.1) is 49.2 Å². The molecule has 3 aliphatic rings. The van der Waals surface area contributed by atoms with Crippen LogP contribution in [0.1, 0.15) is 128 Å². The number of rotatable bonds is 57. The van der Waals surface area contributed by atoms with Gasteiger partial charge in [-0.1, -0.05) is 36.4 Å². The highest BCUT2D eigenvalue weighted by Crippen LogP contribution is 2.30. The number of ether oxygens (including phenoxy) is 2. The van der Waals surface area contributed by atoms with Crippen molar-refractivity contribution >= 4 is 135 Å². The van der Waals surface area contributed by atoms with Crippen molar-refractivity contribution in [1.29, 1.82) is 0 Å². The molecule has 2 aromatic heterocycles. The van der Waals surface area contributed by atoms with Crippen LogP contribution in [0.3, 0.4) is 0 Å². The minimum atomic E-state index is -5.22. The largest absolute Gasteiger partial charge is 0.494 e. The molecule has 0 bridgehead atoms. The highest BCUT2D eigenvalue weighted by atomic mass is 32.2. The van der Waals surface area contributed by atoms with Crippen LogP contribution in [0.4, 0.5) is 11.6 Å². The summed E-state index contributed by atoms with van der Waals surface area (Å²) >= 11 is 0. The third-order valence-corrected chi connectivity index (χ3v) is 29.1. The first kappa shape index (κ1) is 119. The van der Waals surface area contributed by atoms with Gasteiger partial charge >= 0.3 is 29.8 Å². The Morgan fingerprint density at radius 1 is 0.389 bits per heavy atom. The fourth-order valence-corrected chi connectivity index (χ4v) is 21.2. The van der Waals surface area contributed by atoms with Gasteiger partial charge in [0.25, 0.3) is 32.1 Å². The monoisotopic (exact) mass is 2160 g/mol. The molecular formula is C95H129N19O31S4. The number of nitrogens with zero attached hydrogens (tertiary/aromatic N) is 6. The fourth-order valence-electron chi connectivity index (χ4n) is 16.6. The van der Waals surface area contributed by atoms with Crippen LogP contribution in [0.25, 0.3) is 0 Å². The van der Waals surface area contributed by atoms with Crippen molar-refractivity contribution in [2.45, 2.75) is 158 Å². The Morgan fingerprint density at radius 3 is 1.09 bits per heavy atom. The number of carboxylic acids is 5. The highest BCUT2D eigenvalue weighted by molar-refractivity contribution is 7.90. The van der Waals surface area contributed by atoms with Gasteiger partial charge in [-0.3, -0.25) is 95.8 Å². The molecule has 814 valence electrons. The average Bonchev–Trinajstić information content (AvgIpc) is 0.788. The molecule has 0 spiro atoms. The Kier molecular flexibility index (Phi) is 45.7. The first-order valence-electron chi connectivity index (χ1n) is 48.1. The van der Waals surface area contributed by atoms with E-state index >= 15 is 0 Å². The molecule has 0 radical (unpaired) electrons. The number of nitrogens with one attached hydrogen (secondary N) is 13. The van der Waals surface area contributed by atoms with Crippen LogP contribution in [-0.2, 0) is 136 Å². The number of benzene rings is 4. The molecular weight excluding hydrogens is 2030 g/mol. The second kappa shape index (κ2) is 57.3. The maximum Gasteiger partial charge on any atom is 0.323 e. The molecule has 1 fully saturated rings. The maximum absolute atomic E-state index is 14.5. The predicted octanol–water partition coefficient (Wildman–Crippen LogP) is -1.71.